The van der Waals surface area contributed by atoms with E-state index in [1.54, 1.807) is 0 Å². The predicted octanol–water partition coefficient (Wildman–Crippen LogP) is 1.92. The molecule has 0 atom stereocenters. The van der Waals surface area contributed by atoms with Crippen LogP contribution in [0.3, 0.4) is 0 Å². The number of alkyl halides is 3. The average molecular weight is 264 g/mol. The van der Waals surface area contributed by atoms with E-state index in [-0.39, 0.29) is 11.6 Å². The molecule has 0 aliphatic carbocycles. The number of nitrogens with one attached hydrogen (secondary N) is 1. The Morgan fingerprint density at radius 2 is 2.11 bits per heavy atom. The predicted molar refractivity (Wildman–Crippen MR) is 61.0 cm³/mol. The molecular formula is C10H15F3N4O. The molecule has 0 aliphatic rings. The summed E-state index contributed by atoms with van der Waals surface area (Å²) in [5.74, 6) is -1.40. The number of hydrogen-bond acceptors (Lipinski definition) is 5. The number of anilines is 2. The van der Waals surface area contributed by atoms with Crippen LogP contribution in [-0.2, 0) is 10.9 Å². The van der Waals surface area contributed by atoms with Crippen LogP contribution in [0.25, 0.3) is 0 Å². The molecule has 0 unspecified atom stereocenters. The summed E-state index contributed by atoms with van der Waals surface area (Å²) in [6.07, 6.45) is -3.93. The fourth-order valence-electron chi connectivity index (χ4n) is 1.22. The molecule has 1 aromatic heterocycles. The summed E-state index contributed by atoms with van der Waals surface area (Å²) in [7, 11) is 0. The molecular weight excluding hydrogens is 249 g/mol. The van der Waals surface area contributed by atoms with Gasteiger partial charge in [-0.25, -0.2) is 9.97 Å². The first-order chi connectivity index (χ1) is 8.43. The third kappa shape index (κ3) is 4.74. The normalized spacial score (nSPS) is 11.6. The van der Waals surface area contributed by atoms with Crippen molar-refractivity contribution in [2.24, 2.45) is 0 Å². The van der Waals surface area contributed by atoms with E-state index in [1.807, 2.05) is 6.92 Å². The van der Waals surface area contributed by atoms with Gasteiger partial charge in [-0.05, 0) is 13.3 Å². The number of nitrogens with two attached hydrogens (primary N) is 1. The van der Waals surface area contributed by atoms with Crippen molar-refractivity contribution < 1.29 is 17.9 Å². The third-order valence-corrected chi connectivity index (χ3v) is 1.98. The van der Waals surface area contributed by atoms with E-state index in [0.29, 0.717) is 26.2 Å². The summed E-state index contributed by atoms with van der Waals surface area (Å²) in [4.78, 5) is 6.49. The van der Waals surface area contributed by atoms with Crippen molar-refractivity contribution in [3.63, 3.8) is 0 Å². The first-order valence-electron chi connectivity index (χ1n) is 5.47. The smallest absolute Gasteiger partial charge is 0.384 e. The maximum absolute atomic E-state index is 12.4. The summed E-state index contributed by atoms with van der Waals surface area (Å²) in [5, 5.41) is 2.75. The van der Waals surface area contributed by atoms with Gasteiger partial charge in [0.25, 0.3) is 0 Å². The fourth-order valence-corrected chi connectivity index (χ4v) is 1.22. The summed E-state index contributed by atoms with van der Waals surface area (Å²) >= 11 is 0. The lowest BCUT2D eigenvalue weighted by Crippen LogP contribution is -2.15. The van der Waals surface area contributed by atoms with E-state index >= 15 is 0 Å². The molecule has 0 saturated carbocycles. The number of aromatic nitrogens is 2. The second kappa shape index (κ2) is 6.39. The van der Waals surface area contributed by atoms with E-state index < -0.39 is 12.0 Å². The van der Waals surface area contributed by atoms with Gasteiger partial charge < -0.3 is 15.8 Å². The quantitative estimate of drug-likeness (QED) is 0.768. The molecule has 0 saturated heterocycles. The van der Waals surface area contributed by atoms with Crippen LogP contribution in [0.2, 0.25) is 0 Å². The monoisotopic (exact) mass is 264 g/mol. The largest absolute Gasteiger partial charge is 0.451 e. The summed E-state index contributed by atoms with van der Waals surface area (Å²) in [5.41, 5.74) is 5.29. The van der Waals surface area contributed by atoms with E-state index in [1.165, 1.54) is 6.07 Å². The van der Waals surface area contributed by atoms with Crippen LogP contribution in [0, 0.1) is 0 Å². The Hall–Kier alpha value is -1.57. The van der Waals surface area contributed by atoms with Crippen molar-refractivity contribution in [1.82, 2.24) is 9.97 Å². The molecule has 5 nitrogen and oxygen atoms in total. The molecule has 1 aromatic rings. The molecule has 0 spiro atoms. The molecule has 0 fully saturated rings. The van der Waals surface area contributed by atoms with Gasteiger partial charge in [-0.1, -0.05) is 0 Å². The van der Waals surface area contributed by atoms with Crippen LogP contribution in [0.15, 0.2) is 6.07 Å². The van der Waals surface area contributed by atoms with Crippen molar-refractivity contribution in [3.8, 4) is 0 Å². The first-order valence-corrected chi connectivity index (χ1v) is 5.47. The molecule has 0 aromatic carbocycles. The highest BCUT2D eigenvalue weighted by Gasteiger charge is 2.35. The van der Waals surface area contributed by atoms with Crippen molar-refractivity contribution in [2.45, 2.75) is 19.5 Å². The molecule has 0 bridgehead atoms. The van der Waals surface area contributed by atoms with Crippen LogP contribution in [0.5, 0.6) is 0 Å². The summed E-state index contributed by atoms with van der Waals surface area (Å²) < 4.78 is 42.3. The lowest BCUT2D eigenvalue weighted by atomic mass is 10.4. The Morgan fingerprint density at radius 1 is 1.39 bits per heavy atom. The molecule has 8 heteroatoms. The number of nitrogen functional groups attached to an aromatic ring is 1. The van der Waals surface area contributed by atoms with Crippen molar-refractivity contribution >= 4 is 11.6 Å². The first kappa shape index (κ1) is 14.5. The number of hydrogen-bond donors (Lipinski definition) is 2. The summed E-state index contributed by atoms with van der Waals surface area (Å²) in [6, 6.07) is 1.26. The van der Waals surface area contributed by atoms with E-state index in [2.05, 4.69) is 15.3 Å². The molecule has 1 rings (SSSR count). The van der Waals surface area contributed by atoms with Crippen LogP contribution >= 0.6 is 0 Å². The highest BCUT2D eigenvalue weighted by molar-refractivity contribution is 5.44. The SMILES string of the molecule is CCOCCCNc1cc(N)nc(C(F)(F)F)n1. The molecule has 0 amide bonds. The Bertz CT molecular complexity index is 384. The molecule has 3 N–H and O–H groups in total. The van der Waals surface area contributed by atoms with E-state index in [9.17, 15) is 13.2 Å². The maximum Gasteiger partial charge on any atom is 0.451 e. The maximum atomic E-state index is 12.4. The van der Waals surface area contributed by atoms with Crippen LogP contribution in [0.1, 0.15) is 19.2 Å². The van der Waals surface area contributed by atoms with Gasteiger partial charge in [0.05, 0.1) is 0 Å². The van der Waals surface area contributed by atoms with Crippen LogP contribution in [-0.4, -0.2) is 29.7 Å². The molecule has 0 aliphatic heterocycles. The zero-order valence-electron chi connectivity index (χ0n) is 9.92. The summed E-state index contributed by atoms with van der Waals surface area (Å²) in [6.45, 7) is 3.47. The standard InChI is InChI=1S/C10H15F3N4O/c1-2-18-5-3-4-15-8-6-7(14)16-9(17-8)10(11,12)13/h6H,2-5H2,1H3,(H3,14,15,16,17). The third-order valence-electron chi connectivity index (χ3n) is 1.98. The Morgan fingerprint density at radius 3 is 2.72 bits per heavy atom. The minimum Gasteiger partial charge on any atom is -0.384 e. The van der Waals surface area contributed by atoms with Gasteiger partial charge in [-0.3, -0.25) is 0 Å². The zero-order valence-corrected chi connectivity index (χ0v) is 9.92. The lowest BCUT2D eigenvalue weighted by Gasteiger charge is -2.10. The molecule has 1 heterocycles. The molecule has 18 heavy (non-hydrogen) atoms. The number of ether oxygens (including phenoxy) is 1. The van der Waals surface area contributed by atoms with Gasteiger partial charge >= 0.3 is 6.18 Å². The Labute approximate surface area is 103 Å². The van der Waals surface area contributed by atoms with Crippen molar-refractivity contribution in [3.05, 3.63) is 11.9 Å². The Balaban J connectivity index is 2.58. The number of rotatable bonds is 6. The molecule has 0 radical (unpaired) electrons. The van der Waals surface area contributed by atoms with Gasteiger partial charge in [-0.15, -0.1) is 0 Å². The fraction of sp³-hybridized carbons (Fsp3) is 0.600. The minimum atomic E-state index is -4.60. The molecule has 102 valence electrons. The zero-order chi connectivity index (χ0) is 13.6. The highest BCUT2D eigenvalue weighted by Crippen LogP contribution is 2.27. The highest BCUT2D eigenvalue weighted by atomic mass is 19.4. The van der Waals surface area contributed by atoms with Gasteiger partial charge in [0.1, 0.15) is 11.6 Å². The van der Waals surface area contributed by atoms with Gasteiger partial charge in [-0.2, -0.15) is 13.2 Å². The average Bonchev–Trinajstić information content (AvgIpc) is 2.27. The van der Waals surface area contributed by atoms with Gasteiger partial charge in [0.15, 0.2) is 0 Å². The van der Waals surface area contributed by atoms with Gasteiger partial charge in [0, 0.05) is 25.8 Å². The minimum absolute atomic E-state index is 0.0614. The van der Waals surface area contributed by atoms with Crippen LogP contribution < -0.4 is 11.1 Å². The van der Waals surface area contributed by atoms with Crippen molar-refractivity contribution in [2.75, 3.05) is 30.8 Å². The van der Waals surface area contributed by atoms with E-state index in [4.69, 9.17) is 10.5 Å². The topological polar surface area (TPSA) is 73.1 Å². The lowest BCUT2D eigenvalue weighted by molar-refractivity contribution is -0.144. The second-order valence-electron chi connectivity index (χ2n) is 3.48. The van der Waals surface area contributed by atoms with Gasteiger partial charge in [0.2, 0.25) is 5.82 Å². The number of halogens is 3. The number of nitrogens with zero attached hydrogens (tertiary/aromatic N) is 2. The van der Waals surface area contributed by atoms with E-state index in [0.717, 1.165) is 0 Å². The Kier molecular flexibility index (Phi) is 5.14. The second-order valence-corrected chi connectivity index (χ2v) is 3.48. The van der Waals surface area contributed by atoms with Crippen LogP contribution in [0.4, 0.5) is 24.8 Å². The van der Waals surface area contributed by atoms with Crippen molar-refractivity contribution in [1.29, 1.82) is 0 Å².